The Bertz CT molecular complexity index is 1620. The van der Waals surface area contributed by atoms with Gasteiger partial charge >= 0.3 is 0 Å². The van der Waals surface area contributed by atoms with Crippen LogP contribution in [0.4, 0.5) is 17.1 Å². The van der Waals surface area contributed by atoms with Gasteiger partial charge in [-0.1, -0.05) is 78.9 Å². The van der Waals surface area contributed by atoms with Crippen LogP contribution in [0.25, 0.3) is 22.3 Å². The minimum Gasteiger partial charge on any atom is -0.312 e. The van der Waals surface area contributed by atoms with E-state index >= 15 is 0 Å². The van der Waals surface area contributed by atoms with Crippen molar-refractivity contribution in [3.63, 3.8) is 0 Å². The van der Waals surface area contributed by atoms with Gasteiger partial charge in [0.2, 0.25) is 0 Å². The first-order valence-corrected chi connectivity index (χ1v) is 13.9. The summed E-state index contributed by atoms with van der Waals surface area (Å²) < 4.78 is 0. The Hall–Kier alpha value is -3.27. The van der Waals surface area contributed by atoms with Crippen LogP contribution < -0.4 is 26.8 Å². The van der Waals surface area contributed by atoms with E-state index in [4.69, 9.17) is 0 Å². The van der Waals surface area contributed by atoms with E-state index in [9.17, 15) is 0 Å². The van der Waals surface area contributed by atoms with Gasteiger partial charge in [-0.15, -0.1) is 0 Å². The highest BCUT2D eigenvalue weighted by Gasteiger charge is 2.47. The standard InChI is InChI=1S/C30H17B2NS2/c1-3-16-26-18(8-1)20-10-5-14-24-28(20)31(34-26)22-12-7-13-23-30(22)33(24)25-15-6-11-21-19-9-2-4-17-27(19)35-32(23)29(21)25/h1-17H. The first kappa shape index (κ1) is 19.0. The lowest BCUT2D eigenvalue weighted by atomic mass is 9.49. The highest BCUT2D eigenvalue weighted by molar-refractivity contribution is 8.29. The van der Waals surface area contributed by atoms with Gasteiger partial charge in [-0.2, -0.15) is 23.2 Å². The van der Waals surface area contributed by atoms with Gasteiger partial charge in [0.1, 0.15) is 0 Å². The molecule has 0 unspecified atom stereocenters. The summed E-state index contributed by atoms with van der Waals surface area (Å²) in [4.78, 5) is 5.35. The van der Waals surface area contributed by atoms with Crippen molar-refractivity contribution in [1.29, 1.82) is 0 Å². The van der Waals surface area contributed by atoms with Gasteiger partial charge in [-0.05, 0) is 68.4 Å². The number of nitrogens with zero attached hydrogens (tertiary/aromatic N) is 1. The van der Waals surface area contributed by atoms with Crippen LogP contribution in [-0.4, -0.2) is 12.0 Å². The van der Waals surface area contributed by atoms with Crippen LogP contribution in [-0.2, 0) is 0 Å². The second-order valence-electron chi connectivity index (χ2n) is 9.59. The van der Waals surface area contributed by atoms with Crippen molar-refractivity contribution in [2.75, 3.05) is 4.90 Å². The van der Waals surface area contributed by atoms with E-state index in [1.54, 1.807) is 0 Å². The molecule has 0 aromatic heterocycles. The van der Waals surface area contributed by atoms with Gasteiger partial charge in [0.15, 0.2) is 0 Å². The second kappa shape index (κ2) is 6.69. The van der Waals surface area contributed by atoms with Crippen LogP contribution >= 0.6 is 23.2 Å². The number of anilines is 3. The lowest BCUT2D eigenvalue weighted by Gasteiger charge is -2.46. The maximum absolute atomic E-state index is 2.58. The Balaban J connectivity index is 1.40. The summed E-state index contributed by atoms with van der Waals surface area (Å²) in [6.07, 6.45) is 0. The van der Waals surface area contributed by atoms with Crippen LogP contribution in [0.2, 0.25) is 0 Å². The molecule has 0 bridgehead atoms. The fourth-order valence-electron chi connectivity index (χ4n) is 6.54. The third-order valence-electron chi connectivity index (χ3n) is 7.90. The quantitative estimate of drug-likeness (QED) is 0.270. The first-order chi connectivity index (χ1) is 17.4. The van der Waals surface area contributed by atoms with Gasteiger partial charge in [0.05, 0.1) is 0 Å². The summed E-state index contributed by atoms with van der Waals surface area (Å²) in [6.45, 7) is 0. The number of para-hydroxylation sites is 1. The summed E-state index contributed by atoms with van der Waals surface area (Å²) in [5.74, 6) is 0.626. The Kier molecular flexibility index (Phi) is 3.63. The van der Waals surface area contributed by atoms with Gasteiger partial charge < -0.3 is 4.90 Å². The lowest BCUT2D eigenvalue weighted by Crippen LogP contribution is -2.59. The van der Waals surface area contributed by atoms with Crippen molar-refractivity contribution in [1.82, 2.24) is 0 Å². The maximum Gasteiger partial charge on any atom is 0.285 e. The molecular weight excluding hydrogens is 460 g/mol. The first-order valence-electron chi connectivity index (χ1n) is 12.1. The number of rotatable bonds is 0. The molecule has 0 saturated heterocycles. The number of hydrogen-bond acceptors (Lipinski definition) is 3. The molecule has 35 heavy (non-hydrogen) atoms. The van der Waals surface area contributed by atoms with Crippen molar-refractivity contribution in [2.45, 2.75) is 9.79 Å². The molecule has 5 aromatic rings. The van der Waals surface area contributed by atoms with Gasteiger partial charge in [-0.25, -0.2) is 0 Å². The summed E-state index contributed by atoms with van der Waals surface area (Å²) in [5, 5.41) is 0. The van der Waals surface area contributed by atoms with Crippen molar-refractivity contribution < 1.29 is 0 Å². The maximum atomic E-state index is 2.58. The average molecular weight is 477 g/mol. The molecule has 4 heterocycles. The zero-order valence-electron chi connectivity index (χ0n) is 18.7. The monoisotopic (exact) mass is 477 g/mol. The fraction of sp³-hybridized carbons (Fsp3) is 0. The molecule has 0 amide bonds. The van der Waals surface area contributed by atoms with Crippen LogP contribution in [0.1, 0.15) is 0 Å². The van der Waals surface area contributed by atoms with Crippen LogP contribution in [0.3, 0.4) is 0 Å². The molecule has 5 aromatic carbocycles. The van der Waals surface area contributed by atoms with Crippen molar-refractivity contribution in [3.8, 4) is 22.3 Å². The lowest BCUT2D eigenvalue weighted by molar-refractivity contribution is 1.30. The van der Waals surface area contributed by atoms with E-state index in [1.165, 1.54) is 71.0 Å². The zero-order valence-corrected chi connectivity index (χ0v) is 20.4. The third kappa shape index (κ3) is 2.31. The van der Waals surface area contributed by atoms with E-state index in [2.05, 4.69) is 108 Å². The molecule has 0 saturated carbocycles. The molecule has 1 nitrogen and oxygen atoms in total. The van der Waals surface area contributed by atoms with Crippen molar-refractivity contribution >= 4 is 74.1 Å². The topological polar surface area (TPSA) is 3.24 Å². The van der Waals surface area contributed by atoms with Crippen LogP contribution in [0.15, 0.2) is 113 Å². The van der Waals surface area contributed by atoms with E-state index in [1.807, 2.05) is 23.2 Å². The molecule has 160 valence electrons. The Morgan fingerprint density at radius 3 is 1.46 bits per heavy atom. The number of hydrogen-bond donors (Lipinski definition) is 0. The van der Waals surface area contributed by atoms with Crippen LogP contribution in [0.5, 0.6) is 0 Å². The Labute approximate surface area is 213 Å². The molecule has 0 radical (unpaired) electrons. The molecule has 0 spiro atoms. The second-order valence-corrected chi connectivity index (χ2v) is 11.9. The molecule has 0 fully saturated rings. The van der Waals surface area contributed by atoms with E-state index < -0.39 is 0 Å². The van der Waals surface area contributed by atoms with Crippen molar-refractivity contribution in [3.05, 3.63) is 103 Å². The highest BCUT2D eigenvalue weighted by atomic mass is 32.2. The smallest absolute Gasteiger partial charge is 0.285 e. The third-order valence-corrected chi connectivity index (χ3v) is 10.6. The molecule has 5 heteroatoms. The molecule has 4 aliphatic rings. The predicted molar refractivity (Wildman–Crippen MR) is 154 cm³/mol. The average Bonchev–Trinajstić information content (AvgIpc) is 2.92. The van der Waals surface area contributed by atoms with Gasteiger partial charge in [0.25, 0.3) is 12.0 Å². The Morgan fingerprint density at radius 1 is 0.457 bits per heavy atom. The molecule has 0 atom stereocenters. The minimum absolute atomic E-state index is 0.313. The summed E-state index contributed by atoms with van der Waals surface area (Å²) in [6, 6.07) is 38.6. The molecule has 0 N–H and O–H groups in total. The summed E-state index contributed by atoms with van der Waals surface area (Å²) in [5.41, 5.74) is 15.4. The molecule has 4 aliphatic heterocycles. The van der Waals surface area contributed by atoms with Crippen LogP contribution in [0, 0.1) is 0 Å². The van der Waals surface area contributed by atoms with Gasteiger partial charge in [0, 0.05) is 26.9 Å². The molecule has 9 rings (SSSR count). The SMILES string of the molecule is c1ccc2c(c1)SB1c3cccc4c3N(c3cccc-2c31)c1cccc2c1B4Sc1ccccc1-2. The van der Waals surface area contributed by atoms with Crippen molar-refractivity contribution in [2.24, 2.45) is 0 Å². The highest BCUT2D eigenvalue weighted by Crippen LogP contribution is 2.49. The fourth-order valence-corrected chi connectivity index (χ4v) is 9.34. The number of fused-ring (bicyclic) bond motifs is 8. The predicted octanol–water partition coefficient (Wildman–Crippen LogP) is 5.54. The normalized spacial score (nSPS) is 15.0. The molecule has 0 aliphatic carbocycles. The molecular formula is C30H17B2NS2. The Morgan fingerprint density at radius 2 is 0.914 bits per heavy atom. The minimum atomic E-state index is 0.313. The zero-order chi connectivity index (χ0) is 22.7. The van der Waals surface area contributed by atoms with E-state index in [0.29, 0.717) is 12.0 Å². The van der Waals surface area contributed by atoms with E-state index in [0.717, 1.165) is 0 Å². The van der Waals surface area contributed by atoms with E-state index in [-0.39, 0.29) is 0 Å². The van der Waals surface area contributed by atoms with Gasteiger partial charge in [-0.3, -0.25) is 0 Å². The number of benzene rings is 5. The summed E-state index contributed by atoms with van der Waals surface area (Å²) in [7, 11) is 0. The largest absolute Gasteiger partial charge is 0.312 e. The summed E-state index contributed by atoms with van der Waals surface area (Å²) >= 11 is 4.03.